The minimum Gasteiger partial charge on any atom is -0.0685 e. The van der Waals surface area contributed by atoms with Crippen LogP contribution in [0.1, 0.15) is 0 Å². The highest BCUT2D eigenvalue weighted by Gasteiger charge is 2.51. The lowest BCUT2D eigenvalue weighted by Crippen LogP contribution is -2.21. The van der Waals surface area contributed by atoms with E-state index in [1.54, 1.807) is 0 Å². The Bertz CT molecular complexity index is 666. The predicted octanol–water partition coefficient (Wildman–Crippen LogP) is 4.20. The third kappa shape index (κ3) is 1.16. The van der Waals surface area contributed by atoms with E-state index >= 15 is 0 Å². The fraction of sp³-hybridized carbons (Fsp3) is 0. The molecule has 0 unspecified atom stereocenters. The van der Waals surface area contributed by atoms with E-state index in [2.05, 4.69) is 36.4 Å². The predicted molar refractivity (Wildman–Crippen MR) is 87.0 cm³/mol. The van der Waals surface area contributed by atoms with Gasteiger partial charge in [0, 0.05) is 16.0 Å². The molecule has 0 aromatic heterocycles. The van der Waals surface area contributed by atoms with E-state index in [4.69, 9.17) is 23.6 Å². The second-order valence-corrected chi connectivity index (χ2v) is 25.0. The highest BCUT2D eigenvalue weighted by Crippen LogP contribution is 3.05. The van der Waals surface area contributed by atoms with Gasteiger partial charge in [-0.2, -0.15) is 0 Å². The SMILES string of the molecule is S=P12SP(=S)(S1)c1cccc3cccc2c13. The van der Waals surface area contributed by atoms with Crippen molar-refractivity contribution in [1.82, 2.24) is 0 Å². The third-order valence-electron chi connectivity index (χ3n) is 2.88. The van der Waals surface area contributed by atoms with Gasteiger partial charge in [0.25, 0.3) is 0 Å². The van der Waals surface area contributed by atoms with E-state index in [0.717, 1.165) is 0 Å². The Morgan fingerprint density at radius 1 is 0.812 bits per heavy atom. The summed E-state index contributed by atoms with van der Waals surface area (Å²) in [6.45, 7) is 0. The van der Waals surface area contributed by atoms with Gasteiger partial charge >= 0.3 is 0 Å². The summed E-state index contributed by atoms with van der Waals surface area (Å²) in [6.07, 6.45) is 0. The zero-order valence-electron chi connectivity index (χ0n) is 7.99. The molecule has 0 nitrogen and oxygen atoms in total. The van der Waals surface area contributed by atoms with Gasteiger partial charge < -0.3 is 0 Å². The summed E-state index contributed by atoms with van der Waals surface area (Å²) in [5.74, 6) is 0. The van der Waals surface area contributed by atoms with E-state index in [-0.39, 0.29) is 0 Å². The molecule has 1 saturated heterocycles. The molecule has 80 valence electrons. The molecule has 0 atom stereocenters. The second-order valence-electron chi connectivity index (χ2n) is 3.81. The largest absolute Gasteiger partial charge is 0.0971 e. The van der Waals surface area contributed by atoms with Gasteiger partial charge in [-0.1, -0.05) is 82.0 Å². The van der Waals surface area contributed by atoms with Crippen molar-refractivity contribution in [3.63, 3.8) is 0 Å². The fourth-order valence-electron chi connectivity index (χ4n) is 2.22. The van der Waals surface area contributed by atoms with Crippen LogP contribution in [0.3, 0.4) is 0 Å². The van der Waals surface area contributed by atoms with Gasteiger partial charge in [-0.25, -0.2) is 0 Å². The summed E-state index contributed by atoms with van der Waals surface area (Å²) < 4.78 is -2.81. The zero-order chi connectivity index (χ0) is 11.0. The summed E-state index contributed by atoms with van der Waals surface area (Å²) in [4.78, 5) is 0. The topological polar surface area (TPSA) is 0 Å². The van der Waals surface area contributed by atoms with Crippen molar-refractivity contribution >= 4 is 75.9 Å². The Morgan fingerprint density at radius 2 is 1.31 bits per heavy atom. The Labute approximate surface area is 112 Å². The maximum Gasteiger partial charge on any atom is 0.0971 e. The van der Waals surface area contributed by atoms with Gasteiger partial charge in [-0.05, 0) is 5.39 Å². The standard InChI is InChI=1S/C10H6P2S4/c13-11-8-5-1-3-7-4-2-6-9(10(7)8)12(14,15-11)16-11/h1-6H. The molecule has 2 aromatic rings. The fourth-order valence-corrected chi connectivity index (χ4v) is 45.4. The number of hydrogen-bond acceptors (Lipinski definition) is 4. The van der Waals surface area contributed by atoms with Crippen LogP contribution >= 0.6 is 30.9 Å². The molecule has 0 radical (unpaired) electrons. The van der Waals surface area contributed by atoms with Crippen LogP contribution in [0.15, 0.2) is 36.4 Å². The second kappa shape index (κ2) is 3.17. The number of benzene rings is 2. The van der Waals surface area contributed by atoms with Crippen molar-refractivity contribution in [2.75, 3.05) is 0 Å². The normalized spacial score (nSPS) is 34.8. The number of rotatable bonds is 0. The van der Waals surface area contributed by atoms with Crippen molar-refractivity contribution in [1.29, 1.82) is 0 Å². The van der Waals surface area contributed by atoms with E-state index < -0.39 is 8.88 Å². The van der Waals surface area contributed by atoms with Crippen molar-refractivity contribution in [2.24, 2.45) is 0 Å². The maximum atomic E-state index is 5.82. The van der Waals surface area contributed by atoms with Crippen LogP contribution in [0.4, 0.5) is 0 Å². The lowest BCUT2D eigenvalue weighted by atomic mass is 10.1. The van der Waals surface area contributed by atoms with E-state index in [1.165, 1.54) is 21.4 Å². The van der Waals surface area contributed by atoms with Crippen molar-refractivity contribution < 1.29 is 0 Å². The monoisotopic (exact) mass is 316 g/mol. The van der Waals surface area contributed by atoms with E-state index in [0.29, 0.717) is 0 Å². The molecule has 3 heterocycles. The van der Waals surface area contributed by atoms with Crippen LogP contribution in [0.5, 0.6) is 0 Å². The highest BCUT2D eigenvalue weighted by atomic mass is 33.7. The molecule has 0 aliphatic carbocycles. The van der Waals surface area contributed by atoms with Gasteiger partial charge in [-0.15, -0.1) is 0 Å². The first-order valence-corrected chi connectivity index (χ1v) is 14.4. The molecule has 3 aliphatic rings. The lowest BCUT2D eigenvalue weighted by molar-refractivity contribution is 1.82. The summed E-state index contributed by atoms with van der Waals surface area (Å²) in [6, 6.07) is 13.0. The van der Waals surface area contributed by atoms with Crippen LogP contribution in [0.25, 0.3) is 10.8 Å². The Morgan fingerprint density at radius 3 is 1.81 bits per heavy atom. The quantitative estimate of drug-likeness (QED) is 0.668. The molecule has 0 saturated carbocycles. The zero-order valence-corrected chi connectivity index (χ0v) is 13.0. The molecule has 2 bridgehead atoms. The molecule has 0 amide bonds. The molecule has 3 aliphatic heterocycles. The molecule has 16 heavy (non-hydrogen) atoms. The summed E-state index contributed by atoms with van der Waals surface area (Å²) in [5, 5.41) is 5.52. The van der Waals surface area contributed by atoms with Gasteiger partial charge in [0.15, 0.2) is 0 Å². The first-order valence-electron chi connectivity index (χ1n) is 4.78. The van der Waals surface area contributed by atoms with E-state index in [1.807, 2.05) is 22.0 Å². The lowest BCUT2D eigenvalue weighted by Gasteiger charge is -2.45. The van der Waals surface area contributed by atoms with Crippen molar-refractivity contribution in [2.45, 2.75) is 0 Å². The van der Waals surface area contributed by atoms with Gasteiger partial charge in [-0.3, -0.25) is 0 Å². The minimum absolute atomic E-state index is 1.32. The van der Waals surface area contributed by atoms with Crippen LogP contribution in [0.2, 0.25) is 0 Å². The Hall–Kier alpha value is 0.700. The summed E-state index contributed by atoms with van der Waals surface area (Å²) in [7, 11) is 0. The first-order chi connectivity index (χ1) is 7.62. The van der Waals surface area contributed by atoms with Gasteiger partial charge in [0.2, 0.25) is 0 Å². The number of hydrogen-bond donors (Lipinski definition) is 0. The van der Waals surface area contributed by atoms with Gasteiger partial charge in [0.05, 0.1) is 8.88 Å². The molecule has 0 N–H and O–H groups in total. The van der Waals surface area contributed by atoms with Crippen LogP contribution in [0, 0.1) is 0 Å². The molecule has 0 spiro atoms. The van der Waals surface area contributed by atoms with Crippen LogP contribution < -0.4 is 10.6 Å². The summed E-state index contributed by atoms with van der Waals surface area (Å²) in [5.41, 5.74) is 0. The molecule has 2 aromatic carbocycles. The van der Waals surface area contributed by atoms with Crippen LogP contribution in [-0.2, 0) is 23.6 Å². The Balaban J connectivity index is 2.33. The molecular weight excluding hydrogens is 310 g/mol. The van der Waals surface area contributed by atoms with Crippen molar-refractivity contribution in [3.05, 3.63) is 36.4 Å². The highest BCUT2D eigenvalue weighted by molar-refractivity contribution is 9.48. The maximum absolute atomic E-state index is 5.82. The molecule has 5 rings (SSSR count). The smallest absolute Gasteiger partial charge is 0.0685 e. The van der Waals surface area contributed by atoms with E-state index in [9.17, 15) is 0 Å². The van der Waals surface area contributed by atoms with Crippen LogP contribution in [-0.4, -0.2) is 0 Å². The first kappa shape index (κ1) is 10.6. The average Bonchev–Trinajstić information content (AvgIpc) is 2.23. The average molecular weight is 316 g/mol. The molecule has 6 heteroatoms. The third-order valence-corrected chi connectivity index (χ3v) is 33.9. The molecule has 1 fully saturated rings. The summed E-state index contributed by atoms with van der Waals surface area (Å²) >= 11 is 15.5. The Kier molecular flexibility index (Phi) is 2.10. The molecular formula is C10H6P2S4. The van der Waals surface area contributed by atoms with Crippen molar-refractivity contribution in [3.8, 4) is 0 Å². The minimum atomic E-state index is -1.40. The van der Waals surface area contributed by atoms with Gasteiger partial charge in [0.1, 0.15) is 0 Å².